The van der Waals surface area contributed by atoms with E-state index in [-0.39, 0.29) is 18.7 Å². The number of urea groups is 1. The van der Waals surface area contributed by atoms with Gasteiger partial charge in [-0.3, -0.25) is 9.69 Å². The van der Waals surface area contributed by atoms with Crippen molar-refractivity contribution in [2.24, 2.45) is 0 Å². The SMILES string of the molecule is COCCN(Cc1nc(C(=O)N2CCN(Cc3ccc4c(c3)OCO4)CC2)cs1)C(=O)Nc1c(C)cccc1C. The van der Waals surface area contributed by atoms with Crippen LogP contribution in [0.15, 0.2) is 41.8 Å². The van der Waals surface area contributed by atoms with E-state index in [1.165, 1.54) is 11.3 Å². The van der Waals surface area contributed by atoms with E-state index in [9.17, 15) is 9.59 Å². The largest absolute Gasteiger partial charge is 0.454 e. The van der Waals surface area contributed by atoms with Crippen LogP contribution in [0.1, 0.15) is 32.2 Å². The van der Waals surface area contributed by atoms with Gasteiger partial charge < -0.3 is 29.3 Å². The van der Waals surface area contributed by atoms with Gasteiger partial charge in [-0.05, 0) is 42.7 Å². The summed E-state index contributed by atoms with van der Waals surface area (Å²) in [6, 6.07) is 11.7. The molecule has 2 aromatic carbocycles. The first-order valence-corrected chi connectivity index (χ1v) is 14.2. The smallest absolute Gasteiger partial charge is 0.322 e. The highest BCUT2D eigenvalue weighted by atomic mass is 32.1. The van der Waals surface area contributed by atoms with Crippen LogP contribution >= 0.6 is 11.3 Å². The highest BCUT2D eigenvalue weighted by Gasteiger charge is 2.25. The maximum Gasteiger partial charge on any atom is 0.322 e. The number of nitrogens with one attached hydrogen (secondary N) is 1. The maximum absolute atomic E-state index is 13.2. The lowest BCUT2D eigenvalue weighted by atomic mass is 10.1. The van der Waals surface area contributed by atoms with Crippen LogP contribution in [-0.2, 0) is 17.8 Å². The van der Waals surface area contributed by atoms with Gasteiger partial charge in [0.15, 0.2) is 11.5 Å². The molecule has 1 N–H and O–H groups in total. The Balaban J connectivity index is 1.16. The van der Waals surface area contributed by atoms with Crippen molar-refractivity contribution < 1.29 is 23.8 Å². The third-order valence-electron chi connectivity index (χ3n) is 7.17. The molecule has 40 heavy (non-hydrogen) atoms. The molecular formula is C29H35N5O5S. The number of benzene rings is 2. The van der Waals surface area contributed by atoms with E-state index >= 15 is 0 Å². The summed E-state index contributed by atoms with van der Waals surface area (Å²) in [5.74, 6) is 1.49. The zero-order valence-corrected chi connectivity index (χ0v) is 24.0. The zero-order valence-electron chi connectivity index (χ0n) is 23.1. The quantitative estimate of drug-likeness (QED) is 0.417. The first kappa shape index (κ1) is 27.9. The Morgan fingerprint density at radius 2 is 1.82 bits per heavy atom. The fourth-order valence-electron chi connectivity index (χ4n) is 4.87. The fourth-order valence-corrected chi connectivity index (χ4v) is 5.65. The van der Waals surface area contributed by atoms with Crippen LogP contribution < -0.4 is 14.8 Å². The van der Waals surface area contributed by atoms with Crippen LogP contribution in [0.5, 0.6) is 11.5 Å². The molecule has 11 heteroatoms. The van der Waals surface area contributed by atoms with Crippen LogP contribution in [0.25, 0.3) is 0 Å². The second-order valence-corrected chi connectivity index (χ2v) is 10.9. The van der Waals surface area contributed by atoms with Crippen molar-refractivity contribution in [2.45, 2.75) is 26.9 Å². The Morgan fingerprint density at radius 3 is 2.58 bits per heavy atom. The first-order chi connectivity index (χ1) is 19.4. The number of nitrogens with zero attached hydrogens (tertiary/aromatic N) is 4. The number of amides is 3. The number of rotatable bonds is 9. The molecule has 2 aliphatic rings. The monoisotopic (exact) mass is 565 g/mol. The third-order valence-corrected chi connectivity index (χ3v) is 8.00. The molecule has 10 nitrogen and oxygen atoms in total. The Hall–Kier alpha value is -3.67. The van der Waals surface area contributed by atoms with Crippen LogP contribution in [0.4, 0.5) is 10.5 Å². The molecular weight excluding hydrogens is 530 g/mol. The number of methoxy groups -OCH3 is 1. The lowest BCUT2D eigenvalue weighted by Crippen LogP contribution is -2.48. The van der Waals surface area contributed by atoms with E-state index < -0.39 is 0 Å². The molecule has 3 amide bonds. The molecule has 0 spiro atoms. The number of fused-ring (bicyclic) bond motifs is 1. The summed E-state index contributed by atoms with van der Waals surface area (Å²) in [5.41, 5.74) is 4.39. The van der Waals surface area contributed by atoms with E-state index in [1.807, 2.05) is 49.1 Å². The van der Waals surface area contributed by atoms with Gasteiger partial charge >= 0.3 is 6.03 Å². The number of carbonyl (C=O) groups is 2. The van der Waals surface area contributed by atoms with Gasteiger partial charge in [0, 0.05) is 57.4 Å². The van der Waals surface area contributed by atoms with E-state index in [2.05, 4.69) is 21.3 Å². The summed E-state index contributed by atoms with van der Waals surface area (Å²) in [4.78, 5) is 36.8. The van der Waals surface area contributed by atoms with E-state index in [0.29, 0.717) is 43.5 Å². The molecule has 2 aliphatic heterocycles. The van der Waals surface area contributed by atoms with Gasteiger partial charge in [-0.25, -0.2) is 9.78 Å². The number of para-hydroxylation sites is 1. The molecule has 0 radical (unpaired) electrons. The predicted octanol–water partition coefficient (Wildman–Crippen LogP) is 4.13. The van der Waals surface area contributed by atoms with E-state index in [1.54, 1.807) is 17.4 Å². The van der Waals surface area contributed by atoms with Gasteiger partial charge in [-0.2, -0.15) is 0 Å². The van der Waals surface area contributed by atoms with Crippen molar-refractivity contribution in [1.29, 1.82) is 0 Å². The Morgan fingerprint density at radius 1 is 1.07 bits per heavy atom. The van der Waals surface area contributed by atoms with Crippen LogP contribution in [-0.4, -0.2) is 84.9 Å². The van der Waals surface area contributed by atoms with Gasteiger partial charge in [-0.1, -0.05) is 24.3 Å². The number of carbonyl (C=O) groups excluding carboxylic acids is 2. The van der Waals surface area contributed by atoms with E-state index in [0.717, 1.165) is 53.5 Å². The summed E-state index contributed by atoms with van der Waals surface area (Å²) < 4.78 is 16.1. The van der Waals surface area contributed by atoms with Crippen LogP contribution in [0.3, 0.4) is 0 Å². The molecule has 212 valence electrons. The van der Waals surface area contributed by atoms with Gasteiger partial charge in [0.1, 0.15) is 10.7 Å². The number of aryl methyl sites for hydroxylation is 2. The lowest BCUT2D eigenvalue weighted by molar-refractivity contribution is 0.0623. The number of piperazine rings is 1. The number of aromatic nitrogens is 1. The summed E-state index contributed by atoms with van der Waals surface area (Å²) in [6.45, 7) is 8.92. The minimum absolute atomic E-state index is 0.0753. The average molecular weight is 566 g/mol. The molecule has 0 unspecified atom stereocenters. The molecule has 0 bridgehead atoms. The number of hydrogen-bond donors (Lipinski definition) is 1. The maximum atomic E-state index is 13.2. The molecule has 1 fully saturated rings. The minimum atomic E-state index is -0.226. The zero-order chi connectivity index (χ0) is 28.1. The Kier molecular flexibility index (Phi) is 8.83. The predicted molar refractivity (Wildman–Crippen MR) is 153 cm³/mol. The second-order valence-electron chi connectivity index (χ2n) is 9.99. The summed E-state index contributed by atoms with van der Waals surface area (Å²) >= 11 is 1.39. The molecule has 0 aliphatic carbocycles. The number of ether oxygens (including phenoxy) is 3. The van der Waals surface area contributed by atoms with Gasteiger partial charge in [0.2, 0.25) is 6.79 Å². The van der Waals surface area contributed by atoms with Crippen LogP contribution in [0.2, 0.25) is 0 Å². The standard InChI is InChI=1S/C29H35N5O5S/c1-20-5-4-6-21(2)27(20)31-29(36)34(13-14-37-3)17-26-30-23(18-40-26)28(35)33-11-9-32(10-12-33)16-22-7-8-24-25(15-22)39-19-38-24/h4-8,15,18H,9-14,16-17,19H2,1-3H3,(H,31,36). The first-order valence-electron chi connectivity index (χ1n) is 13.4. The molecule has 0 atom stereocenters. The highest BCUT2D eigenvalue weighted by Crippen LogP contribution is 2.33. The van der Waals surface area contributed by atoms with Gasteiger partial charge in [0.05, 0.1) is 13.2 Å². The van der Waals surface area contributed by atoms with E-state index in [4.69, 9.17) is 14.2 Å². The number of thiazole rings is 1. The summed E-state index contributed by atoms with van der Waals surface area (Å²) in [6.07, 6.45) is 0. The average Bonchev–Trinajstić information content (AvgIpc) is 3.62. The number of anilines is 1. The van der Waals surface area contributed by atoms with Crippen molar-refractivity contribution in [2.75, 3.05) is 58.6 Å². The normalized spacial score (nSPS) is 14.8. The van der Waals surface area contributed by atoms with Crippen LogP contribution in [0, 0.1) is 13.8 Å². The summed E-state index contributed by atoms with van der Waals surface area (Å²) in [7, 11) is 1.61. The molecule has 3 heterocycles. The van der Waals surface area contributed by atoms with Gasteiger partial charge in [0.25, 0.3) is 5.91 Å². The molecule has 1 aromatic heterocycles. The molecule has 1 saturated heterocycles. The van der Waals surface area contributed by atoms with Crippen molar-refractivity contribution in [1.82, 2.24) is 19.7 Å². The Bertz CT molecular complexity index is 1330. The summed E-state index contributed by atoms with van der Waals surface area (Å²) in [5, 5.41) is 5.53. The highest BCUT2D eigenvalue weighted by molar-refractivity contribution is 7.09. The van der Waals surface area contributed by atoms with Gasteiger partial charge in [-0.15, -0.1) is 11.3 Å². The third kappa shape index (κ3) is 6.55. The van der Waals surface area contributed by atoms with Crippen molar-refractivity contribution in [3.63, 3.8) is 0 Å². The Labute approximate surface area is 238 Å². The topological polar surface area (TPSA) is 96.5 Å². The van der Waals surface area contributed by atoms with Crippen molar-refractivity contribution >= 4 is 29.0 Å². The molecule has 5 rings (SSSR count). The van der Waals surface area contributed by atoms with Crippen molar-refractivity contribution in [3.8, 4) is 11.5 Å². The van der Waals surface area contributed by atoms with Crippen molar-refractivity contribution in [3.05, 3.63) is 69.2 Å². The fraction of sp³-hybridized carbons (Fsp3) is 0.414. The molecule has 0 saturated carbocycles. The molecule has 3 aromatic rings. The lowest BCUT2D eigenvalue weighted by Gasteiger charge is -2.34. The number of hydrogen-bond acceptors (Lipinski definition) is 8. The minimum Gasteiger partial charge on any atom is -0.454 e. The second kappa shape index (κ2) is 12.7.